The molecule has 1 saturated heterocycles. The molecule has 5 heteroatoms. The molecule has 1 N–H and O–H groups in total. The van der Waals surface area contributed by atoms with Gasteiger partial charge in [-0.2, -0.15) is 5.10 Å². The van der Waals surface area contributed by atoms with Crippen LogP contribution in [0.25, 0.3) is 0 Å². The summed E-state index contributed by atoms with van der Waals surface area (Å²) in [6, 6.07) is 0. The first-order valence-electron chi connectivity index (χ1n) is 5.29. The van der Waals surface area contributed by atoms with Crippen LogP contribution in [0.5, 0.6) is 0 Å². The number of hydrogen-bond acceptors (Lipinski definition) is 3. The number of carbonyl (C=O) groups is 1. The molecular weight excluding hydrogens is 194 g/mol. The third kappa shape index (κ3) is 1.52. The molecule has 0 aliphatic carbocycles. The van der Waals surface area contributed by atoms with E-state index in [2.05, 4.69) is 10.4 Å². The van der Waals surface area contributed by atoms with E-state index >= 15 is 0 Å². The minimum absolute atomic E-state index is 0.0592. The summed E-state index contributed by atoms with van der Waals surface area (Å²) in [6.07, 6.45) is 4.44. The van der Waals surface area contributed by atoms with Crippen LogP contribution in [-0.4, -0.2) is 28.4 Å². The molecule has 5 nitrogen and oxygen atoms in total. The summed E-state index contributed by atoms with van der Waals surface area (Å²) in [6.45, 7) is 2.23. The highest BCUT2D eigenvalue weighted by Crippen LogP contribution is 2.17. The van der Waals surface area contributed by atoms with E-state index in [1.807, 2.05) is 10.9 Å². The smallest absolute Gasteiger partial charge is 0.272 e. The fourth-order valence-corrected chi connectivity index (χ4v) is 2.13. The largest absolute Gasteiger partial charge is 0.376 e. The Labute approximate surface area is 87.4 Å². The van der Waals surface area contributed by atoms with Crippen molar-refractivity contribution in [2.24, 2.45) is 0 Å². The quantitative estimate of drug-likeness (QED) is 0.759. The van der Waals surface area contributed by atoms with E-state index in [9.17, 15) is 4.79 Å². The molecule has 1 fully saturated rings. The molecule has 3 heterocycles. The zero-order chi connectivity index (χ0) is 10.3. The van der Waals surface area contributed by atoms with Crippen molar-refractivity contribution in [3.63, 3.8) is 0 Å². The topological polar surface area (TPSA) is 56.2 Å². The second kappa shape index (κ2) is 3.34. The van der Waals surface area contributed by atoms with Crippen LogP contribution < -0.4 is 5.32 Å². The lowest BCUT2D eigenvalue weighted by atomic mass is 10.2. The van der Waals surface area contributed by atoms with E-state index in [4.69, 9.17) is 4.74 Å². The average molecular weight is 207 g/mol. The first kappa shape index (κ1) is 8.91. The number of ether oxygens (including phenoxy) is 1. The zero-order valence-corrected chi connectivity index (χ0v) is 8.40. The van der Waals surface area contributed by atoms with Gasteiger partial charge in [0.05, 0.1) is 12.6 Å². The molecule has 0 bridgehead atoms. The predicted octanol–water partition coefficient (Wildman–Crippen LogP) is 0.305. The van der Waals surface area contributed by atoms with Gasteiger partial charge in [-0.1, -0.05) is 0 Å². The molecule has 15 heavy (non-hydrogen) atoms. The van der Waals surface area contributed by atoms with Crippen LogP contribution in [0.4, 0.5) is 0 Å². The van der Waals surface area contributed by atoms with Crippen LogP contribution in [0, 0.1) is 0 Å². The molecule has 0 saturated carbocycles. The van der Waals surface area contributed by atoms with Crippen LogP contribution >= 0.6 is 0 Å². The Morgan fingerprint density at radius 1 is 1.67 bits per heavy atom. The number of carbonyl (C=O) groups excluding carboxylic acids is 1. The number of amides is 1. The molecule has 0 radical (unpaired) electrons. The highest BCUT2D eigenvalue weighted by molar-refractivity contribution is 5.96. The van der Waals surface area contributed by atoms with Crippen LogP contribution in [0.2, 0.25) is 0 Å². The number of hydrogen-bond donors (Lipinski definition) is 1. The third-order valence-electron chi connectivity index (χ3n) is 2.91. The number of aromatic nitrogens is 2. The normalized spacial score (nSPS) is 24.3. The second-order valence-corrected chi connectivity index (χ2v) is 4.04. The first-order chi connectivity index (χ1) is 7.33. The van der Waals surface area contributed by atoms with Gasteiger partial charge in [0.25, 0.3) is 5.91 Å². The van der Waals surface area contributed by atoms with E-state index in [1.165, 1.54) is 0 Å². The summed E-state index contributed by atoms with van der Waals surface area (Å²) in [5.74, 6) is -0.0592. The molecule has 1 aromatic rings. The van der Waals surface area contributed by atoms with Crippen LogP contribution in [0.1, 0.15) is 28.9 Å². The molecule has 1 aromatic heterocycles. The Bertz CT molecular complexity index is 393. The Balaban J connectivity index is 1.76. The van der Waals surface area contributed by atoms with Crippen molar-refractivity contribution in [1.82, 2.24) is 15.1 Å². The third-order valence-corrected chi connectivity index (χ3v) is 2.91. The van der Waals surface area contributed by atoms with Gasteiger partial charge in [-0.25, -0.2) is 0 Å². The molecule has 3 rings (SSSR count). The lowest BCUT2D eigenvalue weighted by Crippen LogP contribution is -2.19. The molecule has 2 aliphatic heterocycles. The van der Waals surface area contributed by atoms with Crippen molar-refractivity contribution in [3.05, 3.63) is 17.5 Å². The van der Waals surface area contributed by atoms with Gasteiger partial charge in [0.1, 0.15) is 0 Å². The van der Waals surface area contributed by atoms with Crippen molar-refractivity contribution in [2.45, 2.75) is 32.0 Å². The molecule has 2 aliphatic rings. The number of nitrogens with one attached hydrogen (secondary N) is 1. The molecule has 1 atom stereocenters. The van der Waals surface area contributed by atoms with Gasteiger partial charge in [-0.05, 0) is 12.8 Å². The Morgan fingerprint density at radius 3 is 3.33 bits per heavy atom. The molecule has 0 aromatic carbocycles. The summed E-state index contributed by atoms with van der Waals surface area (Å²) >= 11 is 0. The summed E-state index contributed by atoms with van der Waals surface area (Å²) in [7, 11) is 0. The maximum atomic E-state index is 11.3. The lowest BCUT2D eigenvalue weighted by molar-refractivity contribution is 0.0916. The van der Waals surface area contributed by atoms with Gasteiger partial charge in [0.2, 0.25) is 0 Å². The summed E-state index contributed by atoms with van der Waals surface area (Å²) < 4.78 is 7.36. The lowest BCUT2D eigenvalue weighted by Gasteiger charge is -2.08. The highest BCUT2D eigenvalue weighted by Gasteiger charge is 2.24. The Kier molecular flexibility index (Phi) is 1.98. The first-order valence-corrected chi connectivity index (χ1v) is 5.29. The maximum Gasteiger partial charge on any atom is 0.272 e. The fourth-order valence-electron chi connectivity index (χ4n) is 2.13. The van der Waals surface area contributed by atoms with E-state index in [-0.39, 0.29) is 12.0 Å². The molecule has 80 valence electrons. The van der Waals surface area contributed by atoms with Crippen molar-refractivity contribution < 1.29 is 9.53 Å². The Morgan fingerprint density at radius 2 is 2.60 bits per heavy atom. The van der Waals surface area contributed by atoms with Gasteiger partial charge < -0.3 is 10.1 Å². The Hall–Kier alpha value is -1.36. The summed E-state index contributed by atoms with van der Waals surface area (Å²) in [4.78, 5) is 11.3. The van der Waals surface area contributed by atoms with Gasteiger partial charge in [-0.3, -0.25) is 9.48 Å². The van der Waals surface area contributed by atoms with Crippen molar-refractivity contribution in [3.8, 4) is 0 Å². The van der Waals surface area contributed by atoms with E-state index in [1.54, 1.807) is 0 Å². The van der Waals surface area contributed by atoms with Crippen LogP contribution in [0.15, 0.2) is 6.20 Å². The van der Waals surface area contributed by atoms with Crippen molar-refractivity contribution >= 4 is 5.91 Å². The van der Waals surface area contributed by atoms with Crippen molar-refractivity contribution in [1.29, 1.82) is 0 Å². The van der Waals surface area contributed by atoms with E-state index in [0.717, 1.165) is 31.6 Å². The average Bonchev–Trinajstić information content (AvgIpc) is 2.88. The fraction of sp³-hybridized carbons (Fsp3) is 0.600. The molecular formula is C10H13N3O2. The van der Waals surface area contributed by atoms with Gasteiger partial charge in [-0.15, -0.1) is 0 Å². The number of rotatable bonds is 2. The number of fused-ring (bicyclic) bond motifs is 1. The van der Waals surface area contributed by atoms with Crippen LogP contribution in [0.3, 0.4) is 0 Å². The van der Waals surface area contributed by atoms with E-state index in [0.29, 0.717) is 12.2 Å². The standard InChI is InChI=1S/C10H13N3O2/c14-10-9-7(4-11-10)5-13(12-9)6-8-2-1-3-15-8/h5,8H,1-4,6H2,(H,11,14). The summed E-state index contributed by atoms with van der Waals surface area (Å²) in [5, 5.41) is 7.00. The molecule has 0 spiro atoms. The van der Waals surface area contributed by atoms with Crippen molar-refractivity contribution in [2.75, 3.05) is 6.61 Å². The van der Waals surface area contributed by atoms with E-state index < -0.39 is 0 Å². The minimum atomic E-state index is -0.0592. The molecule has 1 amide bonds. The second-order valence-electron chi connectivity index (χ2n) is 4.04. The monoisotopic (exact) mass is 207 g/mol. The zero-order valence-electron chi connectivity index (χ0n) is 8.40. The maximum absolute atomic E-state index is 11.3. The summed E-state index contributed by atoms with van der Waals surface area (Å²) in [5.41, 5.74) is 1.57. The number of nitrogens with zero attached hydrogens (tertiary/aromatic N) is 2. The SMILES string of the molecule is O=C1NCc2cn(CC3CCCO3)nc21. The van der Waals surface area contributed by atoms with Crippen LogP contribution in [-0.2, 0) is 17.8 Å². The predicted molar refractivity (Wildman–Crippen MR) is 52.4 cm³/mol. The minimum Gasteiger partial charge on any atom is -0.376 e. The highest BCUT2D eigenvalue weighted by atomic mass is 16.5. The molecule has 1 unspecified atom stereocenters. The van der Waals surface area contributed by atoms with Gasteiger partial charge in [0.15, 0.2) is 5.69 Å². The van der Waals surface area contributed by atoms with Gasteiger partial charge in [0, 0.05) is 24.9 Å². The van der Waals surface area contributed by atoms with Gasteiger partial charge >= 0.3 is 0 Å².